The summed E-state index contributed by atoms with van der Waals surface area (Å²) in [6, 6.07) is 22.2. The topological polar surface area (TPSA) is 63.2 Å². The third kappa shape index (κ3) is 4.92. The largest absolute Gasteiger partial charge is 0.493 e. The van der Waals surface area contributed by atoms with Crippen LogP contribution in [0.25, 0.3) is 0 Å². The molecule has 3 aliphatic rings. The second-order valence-electron chi connectivity index (χ2n) is 9.59. The minimum Gasteiger partial charge on any atom is -0.493 e. The van der Waals surface area contributed by atoms with E-state index in [1.54, 1.807) is 7.11 Å². The van der Waals surface area contributed by atoms with Gasteiger partial charge in [-0.05, 0) is 65.3 Å². The summed E-state index contributed by atoms with van der Waals surface area (Å²) in [5.74, 6) is 4.57. The van der Waals surface area contributed by atoms with Gasteiger partial charge in [-0.2, -0.15) is 0 Å². The van der Waals surface area contributed by atoms with Crippen molar-refractivity contribution >= 4 is 29.5 Å². The Balaban J connectivity index is 1.29. The lowest BCUT2D eigenvalue weighted by atomic mass is 9.84. The molecule has 3 heterocycles. The molecule has 0 radical (unpaired) electrons. The molecule has 0 N–H and O–H groups in total. The van der Waals surface area contributed by atoms with E-state index < -0.39 is 0 Å². The van der Waals surface area contributed by atoms with E-state index in [2.05, 4.69) is 12.1 Å². The second kappa shape index (κ2) is 11.0. The van der Waals surface area contributed by atoms with Crippen LogP contribution in [0.1, 0.15) is 23.1 Å². The predicted molar refractivity (Wildman–Crippen MR) is 149 cm³/mol. The highest BCUT2D eigenvalue weighted by atomic mass is 32.2. The highest BCUT2D eigenvalue weighted by Gasteiger charge is 2.53. The normalized spacial score (nSPS) is 21.7. The predicted octanol–water partition coefficient (Wildman–Crippen LogP) is 6.06. The highest BCUT2D eigenvalue weighted by Crippen LogP contribution is 2.59. The van der Waals surface area contributed by atoms with Gasteiger partial charge in [0.05, 0.1) is 23.7 Å². The van der Waals surface area contributed by atoms with Crippen LogP contribution in [-0.2, 0) is 26.6 Å². The average molecular weight is 551 g/mol. The Morgan fingerprint density at radius 1 is 0.895 bits per heavy atom. The number of benzene rings is 3. The van der Waals surface area contributed by atoms with Gasteiger partial charge in [0.1, 0.15) is 6.61 Å². The van der Waals surface area contributed by atoms with E-state index in [4.69, 9.17) is 23.7 Å². The lowest BCUT2D eigenvalue weighted by Gasteiger charge is -2.42. The molecule has 0 amide bonds. The van der Waals surface area contributed by atoms with Crippen LogP contribution in [0, 0.1) is 11.8 Å². The fourth-order valence-electron chi connectivity index (χ4n) is 5.36. The van der Waals surface area contributed by atoms with Crippen LogP contribution in [0.2, 0.25) is 0 Å². The maximum atomic E-state index is 13.1. The Bertz CT molecular complexity index is 1290. The molecule has 2 fully saturated rings. The Labute approximate surface area is 231 Å². The maximum absolute atomic E-state index is 13.1. The second-order valence-corrected chi connectivity index (χ2v) is 12.5. The molecule has 2 atom stereocenters. The molecule has 3 aromatic carbocycles. The molecule has 38 heavy (non-hydrogen) atoms. The van der Waals surface area contributed by atoms with Crippen LogP contribution in [-0.4, -0.2) is 38.0 Å². The Kier molecular flexibility index (Phi) is 7.34. The first-order valence-electron chi connectivity index (χ1n) is 12.8. The Hall–Kier alpha value is -2.97. The summed E-state index contributed by atoms with van der Waals surface area (Å²) in [7, 11) is 1.67. The third-order valence-corrected chi connectivity index (χ3v) is 10.9. The maximum Gasteiger partial charge on any atom is 0.309 e. The fraction of sp³-hybridized carbons (Fsp3) is 0.367. The molecule has 0 unspecified atom stereocenters. The first-order valence-corrected chi connectivity index (χ1v) is 14.8. The molecule has 6 nitrogen and oxygen atoms in total. The van der Waals surface area contributed by atoms with Crippen molar-refractivity contribution in [2.45, 2.75) is 23.5 Å². The van der Waals surface area contributed by atoms with E-state index in [1.807, 2.05) is 78.1 Å². The quantitative estimate of drug-likeness (QED) is 0.314. The van der Waals surface area contributed by atoms with E-state index in [0.717, 1.165) is 46.1 Å². The number of carbonyl (C=O) groups is 1. The number of hydrogen-bond acceptors (Lipinski definition) is 8. The monoisotopic (exact) mass is 550 g/mol. The molecule has 6 rings (SSSR count). The van der Waals surface area contributed by atoms with Crippen molar-refractivity contribution < 1.29 is 28.5 Å². The number of ether oxygens (including phenoxy) is 5. The van der Waals surface area contributed by atoms with Crippen molar-refractivity contribution in [1.29, 1.82) is 0 Å². The van der Waals surface area contributed by atoms with Gasteiger partial charge in [-0.15, -0.1) is 23.5 Å². The molecule has 0 bridgehead atoms. The molecule has 3 aromatic rings. The lowest BCUT2D eigenvalue weighted by molar-refractivity contribution is -0.141. The van der Waals surface area contributed by atoms with Gasteiger partial charge in [-0.1, -0.05) is 42.5 Å². The number of esters is 1. The Morgan fingerprint density at radius 2 is 1.71 bits per heavy atom. The first kappa shape index (κ1) is 25.3. The molecule has 0 spiro atoms. The molecular formula is C30H30O6S2. The van der Waals surface area contributed by atoms with Gasteiger partial charge in [0.15, 0.2) is 23.0 Å². The van der Waals surface area contributed by atoms with Crippen LogP contribution >= 0.6 is 23.5 Å². The molecule has 8 heteroatoms. The summed E-state index contributed by atoms with van der Waals surface area (Å²) in [4.78, 5) is 13.1. The van der Waals surface area contributed by atoms with E-state index >= 15 is 0 Å². The summed E-state index contributed by atoms with van der Waals surface area (Å²) in [6.07, 6.45) is 1.74. The molecule has 2 saturated heterocycles. The summed E-state index contributed by atoms with van der Waals surface area (Å²) in [5.41, 5.74) is 3.28. The highest BCUT2D eigenvalue weighted by molar-refractivity contribution is 8.18. The van der Waals surface area contributed by atoms with Gasteiger partial charge in [0.2, 0.25) is 6.79 Å². The smallest absolute Gasteiger partial charge is 0.309 e. The molecule has 0 aliphatic carbocycles. The van der Waals surface area contributed by atoms with Crippen molar-refractivity contribution in [3.63, 3.8) is 0 Å². The van der Waals surface area contributed by atoms with Crippen molar-refractivity contribution in [1.82, 2.24) is 0 Å². The van der Waals surface area contributed by atoms with Crippen LogP contribution in [0.5, 0.6) is 23.0 Å². The van der Waals surface area contributed by atoms with E-state index in [9.17, 15) is 4.79 Å². The first-order chi connectivity index (χ1) is 18.7. The number of rotatable bonds is 8. The van der Waals surface area contributed by atoms with Crippen LogP contribution in [0.3, 0.4) is 0 Å². The summed E-state index contributed by atoms with van der Waals surface area (Å²) in [5, 5.41) is 0. The van der Waals surface area contributed by atoms with Crippen molar-refractivity contribution in [2.24, 2.45) is 11.8 Å². The van der Waals surface area contributed by atoms with Crippen LogP contribution in [0.4, 0.5) is 0 Å². The SMILES string of the molecule is COc1cc(C2([C@H]3COC(=O)[C@@H]3Cc3ccc4c(c3)OCO4)SCCCS2)ccc1OCc1ccccc1. The summed E-state index contributed by atoms with van der Waals surface area (Å²) in [6.45, 7) is 1.10. The number of carbonyl (C=O) groups excluding carboxylic acids is 1. The molecule has 3 aliphatic heterocycles. The van der Waals surface area contributed by atoms with Gasteiger partial charge in [-0.3, -0.25) is 4.79 Å². The van der Waals surface area contributed by atoms with Gasteiger partial charge in [0.25, 0.3) is 0 Å². The van der Waals surface area contributed by atoms with E-state index in [-0.39, 0.29) is 28.7 Å². The zero-order valence-electron chi connectivity index (χ0n) is 21.2. The molecular weight excluding hydrogens is 520 g/mol. The molecule has 198 valence electrons. The van der Waals surface area contributed by atoms with Crippen molar-refractivity contribution in [3.05, 3.63) is 83.4 Å². The van der Waals surface area contributed by atoms with Crippen molar-refractivity contribution in [2.75, 3.05) is 32.0 Å². The van der Waals surface area contributed by atoms with Gasteiger partial charge in [0, 0.05) is 5.92 Å². The average Bonchev–Trinajstić information content (AvgIpc) is 3.59. The van der Waals surface area contributed by atoms with Crippen molar-refractivity contribution in [3.8, 4) is 23.0 Å². The number of fused-ring (bicyclic) bond motifs is 1. The molecule has 0 aromatic heterocycles. The third-order valence-electron chi connectivity index (χ3n) is 7.30. The zero-order chi connectivity index (χ0) is 26.0. The molecule has 0 saturated carbocycles. The zero-order valence-corrected chi connectivity index (χ0v) is 22.9. The van der Waals surface area contributed by atoms with Gasteiger partial charge in [-0.25, -0.2) is 0 Å². The summed E-state index contributed by atoms with van der Waals surface area (Å²) < 4.78 is 28.4. The van der Waals surface area contributed by atoms with E-state index in [0.29, 0.717) is 31.1 Å². The van der Waals surface area contributed by atoms with Crippen LogP contribution < -0.4 is 18.9 Å². The fourth-order valence-corrected chi connectivity index (χ4v) is 9.04. The Morgan fingerprint density at radius 3 is 2.53 bits per heavy atom. The van der Waals surface area contributed by atoms with Gasteiger partial charge < -0.3 is 23.7 Å². The minimum absolute atomic E-state index is 0.0107. The minimum atomic E-state index is -0.323. The number of methoxy groups -OCH3 is 1. The van der Waals surface area contributed by atoms with Gasteiger partial charge >= 0.3 is 5.97 Å². The number of hydrogen-bond donors (Lipinski definition) is 0. The van der Waals surface area contributed by atoms with Crippen LogP contribution in [0.15, 0.2) is 66.7 Å². The number of thioether (sulfide) groups is 2. The number of cyclic esters (lactones) is 1. The lowest BCUT2D eigenvalue weighted by Crippen LogP contribution is -2.37. The van der Waals surface area contributed by atoms with E-state index in [1.165, 1.54) is 0 Å². The summed E-state index contributed by atoms with van der Waals surface area (Å²) >= 11 is 3.84. The standard InChI is InChI=1S/C30H30O6S2/c1-32-27-16-22(9-11-25(27)33-17-20-6-3-2-4-7-20)30(37-12-5-13-38-30)24-18-34-29(31)23(24)14-21-8-10-26-28(15-21)36-19-35-26/h2-4,6-11,15-16,23-24H,5,12-14,17-19H2,1H3/t23-,24+/m1/s1.